The first-order valence-corrected chi connectivity index (χ1v) is 5.10. The average Bonchev–Trinajstić information content (AvgIpc) is 2.02. The lowest BCUT2D eigenvalue weighted by Gasteiger charge is -2.02. The zero-order valence-electron chi connectivity index (χ0n) is 7.84. The van der Waals surface area contributed by atoms with Gasteiger partial charge < -0.3 is 10.5 Å². The van der Waals surface area contributed by atoms with Gasteiger partial charge in [0.15, 0.2) is 0 Å². The van der Waals surface area contributed by atoms with Crippen molar-refractivity contribution in [1.29, 1.82) is 0 Å². The van der Waals surface area contributed by atoms with Crippen LogP contribution < -0.4 is 5.73 Å². The minimum Gasteiger partial charge on any atom is -0.471 e. The van der Waals surface area contributed by atoms with Gasteiger partial charge in [-0.1, -0.05) is 39.0 Å². The van der Waals surface area contributed by atoms with Crippen LogP contribution in [-0.2, 0) is 4.74 Å². The molecule has 0 bridgehead atoms. The third kappa shape index (κ3) is 9.69. The largest absolute Gasteiger partial charge is 0.471 e. The van der Waals surface area contributed by atoms with Crippen molar-refractivity contribution in [2.24, 2.45) is 5.73 Å². The molecule has 0 fully saturated rings. The third-order valence-corrected chi connectivity index (χ3v) is 1.86. The van der Waals surface area contributed by atoms with E-state index in [1.165, 1.54) is 32.1 Å². The Morgan fingerprint density at radius 2 is 1.75 bits per heavy atom. The molecule has 0 aromatic heterocycles. The highest BCUT2D eigenvalue weighted by Gasteiger charge is 1.91. The predicted molar refractivity (Wildman–Crippen MR) is 56.1 cm³/mol. The van der Waals surface area contributed by atoms with E-state index in [0.29, 0.717) is 6.61 Å². The van der Waals surface area contributed by atoms with E-state index >= 15 is 0 Å². The molecule has 0 atom stereocenters. The van der Waals surface area contributed by atoms with Gasteiger partial charge in [-0.2, -0.15) is 0 Å². The van der Waals surface area contributed by atoms with Crippen molar-refractivity contribution in [1.82, 2.24) is 0 Å². The fraction of sp³-hybridized carbons (Fsp3) is 0.889. The SMILES string of the molecule is CCCCCCCCOC(N)=S. The fourth-order valence-electron chi connectivity index (χ4n) is 1.06. The summed E-state index contributed by atoms with van der Waals surface area (Å²) in [7, 11) is 0. The molecule has 0 aliphatic carbocycles. The topological polar surface area (TPSA) is 35.2 Å². The Kier molecular flexibility index (Phi) is 8.56. The Morgan fingerprint density at radius 3 is 2.33 bits per heavy atom. The molecule has 0 amide bonds. The number of unbranched alkanes of at least 4 members (excludes halogenated alkanes) is 5. The number of ether oxygens (including phenoxy) is 1. The molecule has 72 valence electrons. The van der Waals surface area contributed by atoms with Crippen molar-refractivity contribution in [2.45, 2.75) is 45.4 Å². The third-order valence-electron chi connectivity index (χ3n) is 1.74. The molecule has 0 aliphatic heterocycles. The average molecular weight is 189 g/mol. The molecule has 2 nitrogen and oxygen atoms in total. The van der Waals surface area contributed by atoms with E-state index in [9.17, 15) is 0 Å². The Hall–Kier alpha value is -0.310. The molecule has 0 spiro atoms. The van der Waals surface area contributed by atoms with E-state index in [-0.39, 0.29) is 5.17 Å². The summed E-state index contributed by atoms with van der Waals surface area (Å²) in [4.78, 5) is 0. The second-order valence-corrected chi connectivity index (χ2v) is 3.34. The first kappa shape index (κ1) is 11.7. The van der Waals surface area contributed by atoms with Crippen LogP contribution in [0.1, 0.15) is 45.4 Å². The molecular formula is C9H19NOS. The number of nitrogens with two attached hydrogens (primary N) is 1. The van der Waals surface area contributed by atoms with E-state index in [1.807, 2.05) is 0 Å². The highest BCUT2D eigenvalue weighted by atomic mass is 32.1. The van der Waals surface area contributed by atoms with Gasteiger partial charge in [-0.15, -0.1) is 0 Å². The molecule has 0 unspecified atom stereocenters. The number of rotatable bonds is 7. The number of hydrogen-bond acceptors (Lipinski definition) is 2. The number of hydrogen-bond donors (Lipinski definition) is 1. The van der Waals surface area contributed by atoms with Crippen molar-refractivity contribution < 1.29 is 4.74 Å². The van der Waals surface area contributed by atoms with E-state index in [0.717, 1.165) is 6.42 Å². The highest BCUT2D eigenvalue weighted by molar-refractivity contribution is 7.80. The molecule has 0 radical (unpaired) electrons. The second-order valence-electron chi connectivity index (χ2n) is 2.94. The van der Waals surface area contributed by atoms with Crippen LogP contribution in [0, 0.1) is 0 Å². The summed E-state index contributed by atoms with van der Waals surface area (Å²) in [5.74, 6) is 0. The molecule has 0 aromatic rings. The fourth-order valence-corrected chi connectivity index (χ4v) is 1.14. The number of thiocarbonyl (C=S) groups is 1. The first-order chi connectivity index (χ1) is 5.77. The molecular weight excluding hydrogens is 170 g/mol. The van der Waals surface area contributed by atoms with Crippen molar-refractivity contribution in [3.8, 4) is 0 Å². The van der Waals surface area contributed by atoms with Crippen molar-refractivity contribution in [2.75, 3.05) is 6.61 Å². The van der Waals surface area contributed by atoms with E-state index < -0.39 is 0 Å². The van der Waals surface area contributed by atoms with Crippen LogP contribution in [0.3, 0.4) is 0 Å². The molecule has 0 saturated carbocycles. The maximum atomic E-state index is 5.16. The van der Waals surface area contributed by atoms with E-state index in [4.69, 9.17) is 10.5 Å². The van der Waals surface area contributed by atoms with E-state index in [2.05, 4.69) is 19.1 Å². The second kappa shape index (κ2) is 8.78. The summed E-state index contributed by atoms with van der Waals surface area (Å²) in [6, 6.07) is 0. The maximum Gasteiger partial charge on any atom is 0.253 e. The standard InChI is InChI=1S/C9H19NOS/c1-2-3-4-5-6-7-8-11-9(10)12/h2-8H2,1H3,(H2,10,12). The zero-order chi connectivity index (χ0) is 9.23. The van der Waals surface area contributed by atoms with Crippen LogP contribution in [0.25, 0.3) is 0 Å². The zero-order valence-corrected chi connectivity index (χ0v) is 8.66. The molecule has 0 rings (SSSR count). The summed E-state index contributed by atoms with van der Waals surface area (Å²) < 4.78 is 4.96. The van der Waals surface area contributed by atoms with Crippen LogP contribution in [0.5, 0.6) is 0 Å². The Bertz CT molecular complexity index is 117. The van der Waals surface area contributed by atoms with Gasteiger partial charge in [0.2, 0.25) is 0 Å². The Balaban J connectivity index is 2.86. The molecule has 2 N–H and O–H groups in total. The van der Waals surface area contributed by atoms with Crippen LogP contribution in [0.4, 0.5) is 0 Å². The monoisotopic (exact) mass is 189 g/mol. The summed E-state index contributed by atoms with van der Waals surface area (Å²) in [5.41, 5.74) is 5.16. The molecule has 12 heavy (non-hydrogen) atoms. The molecule has 0 aromatic carbocycles. The summed E-state index contributed by atoms with van der Waals surface area (Å²) >= 11 is 4.57. The van der Waals surface area contributed by atoms with Crippen molar-refractivity contribution in [3.05, 3.63) is 0 Å². The first-order valence-electron chi connectivity index (χ1n) is 4.69. The smallest absolute Gasteiger partial charge is 0.253 e. The summed E-state index contributed by atoms with van der Waals surface area (Å²) in [6.45, 7) is 2.90. The van der Waals surface area contributed by atoms with Gasteiger partial charge in [0.1, 0.15) is 0 Å². The van der Waals surface area contributed by atoms with Gasteiger partial charge in [0.05, 0.1) is 6.61 Å². The van der Waals surface area contributed by atoms with Gasteiger partial charge in [-0.05, 0) is 18.6 Å². The van der Waals surface area contributed by atoms with Gasteiger partial charge in [-0.3, -0.25) is 0 Å². The molecule has 0 aliphatic rings. The van der Waals surface area contributed by atoms with Crippen LogP contribution in [0.2, 0.25) is 0 Å². The molecule has 0 saturated heterocycles. The van der Waals surface area contributed by atoms with Gasteiger partial charge >= 0.3 is 0 Å². The van der Waals surface area contributed by atoms with Crippen molar-refractivity contribution in [3.63, 3.8) is 0 Å². The normalized spacial score (nSPS) is 9.75. The lowest BCUT2D eigenvalue weighted by Crippen LogP contribution is -2.13. The maximum absolute atomic E-state index is 5.16. The van der Waals surface area contributed by atoms with Gasteiger partial charge in [0, 0.05) is 0 Å². The highest BCUT2D eigenvalue weighted by Crippen LogP contribution is 2.04. The van der Waals surface area contributed by atoms with Crippen LogP contribution in [-0.4, -0.2) is 11.8 Å². The van der Waals surface area contributed by atoms with Gasteiger partial charge in [0.25, 0.3) is 5.17 Å². The lowest BCUT2D eigenvalue weighted by molar-refractivity contribution is 0.295. The van der Waals surface area contributed by atoms with Crippen LogP contribution in [0.15, 0.2) is 0 Å². The molecule has 0 heterocycles. The van der Waals surface area contributed by atoms with Gasteiger partial charge in [-0.25, -0.2) is 0 Å². The van der Waals surface area contributed by atoms with Crippen molar-refractivity contribution >= 4 is 17.4 Å². The molecule has 3 heteroatoms. The van der Waals surface area contributed by atoms with Crippen LogP contribution >= 0.6 is 12.2 Å². The Morgan fingerprint density at radius 1 is 1.17 bits per heavy atom. The minimum atomic E-state index is 0.170. The summed E-state index contributed by atoms with van der Waals surface area (Å²) in [5, 5.41) is 0.170. The summed E-state index contributed by atoms with van der Waals surface area (Å²) in [6.07, 6.45) is 7.57. The Labute approximate surface area is 80.5 Å². The lowest BCUT2D eigenvalue weighted by atomic mass is 10.1. The van der Waals surface area contributed by atoms with E-state index in [1.54, 1.807) is 0 Å². The quantitative estimate of drug-likeness (QED) is 0.494. The predicted octanol–water partition coefficient (Wildman–Crippen LogP) is 2.61. The minimum absolute atomic E-state index is 0.170.